The number of nitrogen functional groups attached to an aromatic ring is 1. The molecule has 96 valence electrons. The van der Waals surface area contributed by atoms with Crippen LogP contribution >= 0.6 is 0 Å². The molecule has 3 N–H and O–H groups in total. The molecule has 0 aliphatic carbocycles. The molecular formula is C12H20N2O3. The first kappa shape index (κ1) is 13.6. The quantitative estimate of drug-likeness (QED) is 0.687. The maximum atomic E-state index is 9.06. The smallest absolute Gasteiger partial charge is 0.143 e. The van der Waals surface area contributed by atoms with Gasteiger partial charge in [-0.1, -0.05) is 6.07 Å². The average Bonchev–Trinajstić information content (AvgIpc) is 2.35. The van der Waals surface area contributed by atoms with Crippen LogP contribution in [0.25, 0.3) is 0 Å². The molecule has 5 nitrogen and oxygen atoms in total. The molecule has 0 fully saturated rings. The Hall–Kier alpha value is -1.46. The molecule has 0 unspecified atom stereocenters. The second-order valence-corrected chi connectivity index (χ2v) is 3.60. The van der Waals surface area contributed by atoms with Crippen molar-refractivity contribution in [2.75, 3.05) is 51.2 Å². The van der Waals surface area contributed by atoms with E-state index >= 15 is 0 Å². The Labute approximate surface area is 102 Å². The summed E-state index contributed by atoms with van der Waals surface area (Å²) in [4.78, 5) is 1.97. The summed E-state index contributed by atoms with van der Waals surface area (Å²) in [5.74, 6) is 0.642. The molecule has 0 spiro atoms. The van der Waals surface area contributed by atoms with E-state index in [1.54, 1.807) is 14.2 Å². The molecule has 0 amide bonds. The van der Waals surface area contributed by atoms with Gasteiger partial charge < -0.3 is 25.2 Å². The van der Waals surface area contributed by atoms with Crippen molar-refractivity contribution < 1.29 is 14.6 Å². The highest BCUT2D eigenvalue weighted by atomic mass is 16.5. The predicted molar refractivity (Wildman–Crippen MR) is 68.6 cm³/mol. The fourth-order valence-electron chi connectivity index (χ4n) is 1.66. The molecule has 1 aromatic carbocycles. The van der Waals surface area contributed by atoms with Crippen molar-refractivity contribution in [3.05, 3.63) is 18.2 Å². The van der Waals surface area contributed by atoms with E-state index in [0.717, 1.165) is 5.69 Å². The Bertz CT molecular complexity index is 345. The molecule has 5 heteroatoms. The van der Waals surface area contributed by atoms with Gasteiger partial charge >= 0.3 is 0 Å². The zero-order valence-electron chi connectivity index (χ0n) is 10.3. The fraction of sp³-hybridized carbons (Fsp3) is 0.500. The van der Waals surface area contributed by atoms with E-state index in [0.29, 0.717) is 31.1 Å². The van der Waals surface area contributed by atoms with E-state index in [9.17, 15) is 0 Å². The summed E-state index contributed by atoms with van der Waals surface area (Å²) < 4.78 is 10.2. The lowest BCUT2D eigenvalue weighted by molar-refractivity contribution is 0.203. The van der Waals surface area contributed by atoms with Crippen molar-refractivity contribution in [2.45, 2.75) is 0 Å². The van der Waals surface area contributed by atoms with Gasteiger partial charge in [0.15, 0.2) is 0 Å². The van der Waals surface area contributed by atoms with Crippen LogP contribution in [0.3, 0.4) is 0 Å². The number of anilines is 2. The molecule has 0 aliphatic heterocycles. The Morgan fingerprint density at radius 2 is 2.06 bits per heavy atom. The normalized spacial score (nSPS) is 10.3. The molecule has 0 aromatic heterocycles. The maximum Gasteiger partial charge on any atom is 0.143 e. The number of methoxy groups -OCH3 is 2. The Kier molecular flexibility index (Phi) is 5.59. The Balaban J connectivity index is 2.92. The number of nitrogens with two attached hydrogens (primary N) is 1. The highest BCUT2D eigenvalue weighted by Crippen LogP contribution is 2.31. The first-order valence-corrected chi connectivity index (χ1v) is 5.51. The minimum absolute atomic E-state index is 0.0698. The summed E-state index contributed by atoms with van der Waals surface area (Å²) >= 11 is 0. The van der Waals surface area contributed by atoms with Crippen molar-refractivity contribution in [3.8, 4) is 5.75 Å². The predicted octanol–water partition coefficient (Wildman–Crippen LogP) is 0.723. The van der Waals surface area contributed by atoms with Gasteiger partial charge in [0.1, 0.15) is 5.75 Å². The summed E-state index contributed by atoms with van der Waals surface area (Å²) in [5.41, 5.74) is 7.45. The van der Waals surface area contributed by atoms with Gasteiger partial charge in [-0.15, -0.1) is 0 Å². The second kappa shape index (κ2) is 6.98. The van der Waals surface area contributed by atoms with E-state index in [-0.39, 0.29) is 6.61 Å². The van der Waals surface area contributed by atoms with E-state index in [4.69, 9.17) is 20.3 Å². The number of rotatable bonds is 7. The molecule has 0 bridgehead atoms. The van der Waals surface area contributed by atoms with Gasteiger partial charge in [-0.3, -0.25) is 0 Å². The average molecular weight is 240 g/mol. The van der Waals surface area contributed by atoms with Crippen LogP contribution in [-0.2, 0) is 4.74 Å². The van der Waals surface area contributed by atoms with Crippen LogP contribution in [0.1, 0.15) is 0 Å². The van der Waals surface area contributed by atoms with Crippen LogP contribution in [0.2, 0.25) is 0 Å². The molecule has 0 radical (unpaired) electrons. The van der Waals surface area contributed by atoms with Crippen molar-refractivity contribution in [2.24, 2.45) is 0 Å². The van der Waals surface area contributed by atoms with Crippen molar-refractivity contribution in [1.29, 1.82) is 0 Å². The summed E-state index contributed by atoms with van der Waals surface area (Å²) in [6, 6.07) is 5.59. The van der Waals surface area contributed by atoms with Crippen molar-refractivity contribution in [1.82, 2.24) is 0 Å². The van der Waals surface area contributed by atoms with E-state index in [1.165, 1.54) is 0 Å². The zero-order chi connectivity index (χ0) is 12.7. The molecule has 1 aromatic rings. The number of benzene rings is 1. The highest BCUT2D eigenvalue weighted by Gasteiger charge is 2.12. The summed E-state index contributed by atoms with van der Waals surface area (Å²) in [6.07, 6.45) is 0. The van der Waals surface area contributed by atoms with Gasteiger partial charge in [0.05, 0.1) is 31.7 Å². The Morgan fingerprint density at radius 1 is 1.29 bits per heavy atom. The maximum absolute atomic E-state index is 9.06. The molecule has 0 aliphatic rings. The lowest BCUT2D eigenvalue weighted by atomic mass is 10.2. The molecule has 0 saturated carbocycles. The van der Waals surface area contributed by atoms with Crippen LogP contribution in [0.15, 0.2) is 18.2 Å². The SMILES string of the molecule is COCCN(CCO)c1cccc(OC)c1N. The zero-order valence-corrected chi connectivity index (χ0v) is 10.3. The highest BCUT2D eigenvalue weighted by molar-refractivity contribution is 5.74. The largest absolute Gasteiger partial charge is 0.495 e. The topological polar surface area (TPSA) is 68.0 Å². The molecule has 0 saturated heterocycles. The number of hydrogen-bond acceptors (Lipinski definition) is 5. The number of para-hydroxylation sites is 1. The molecule has 0 atom stereocenters. The van der Waals surface area contributed by atoms with Gasteiger partial charge in [0, 0.05) is 20.2 Å². The van der Waals surface area contributed by atoms with E-state index in [2.05, 4.69) is 0 Å². The first-order chi connectivity index (χ1) is 8.24. The molecular weight excluding hydrogens is 220 g/mol. The molecule has 0 heterocycles. The fourth-order valence-corrected chi connectivity index (χ4v) is 1.66. The Morgan fingerprint density at radius 3 is 2.65 bits per heavy atom. The summed E-state index contributed by atoms with van der Waals surface area (Å²) in [6.45, 7) is 1.84. The lowest BCUT2D eigenvalue weighted by Gasteiger charge is -2.25. The van der Waals surface area contributed by atoms with Crippen LogP contribution in [-0.4, -0.2) is 45.6 Å². The van der Waals surface area contributed by atoms with E-state index < -0.39 is 0 Å². The van der Waals surface area contributed by atoms with Crippen molar-refractivity contribution >= 4 is 11.4 Å². The molecule has 17 heavy (non-hydrogen) atoms. The number of ether oxygens (including phenoxy) is 2. The number of nitrogens with zero attached hydrogens (tertiary/aromatic N) is 1. The number of hydrogen-bond donors (Lipinski definition) is 2. The van der Waals surface area contributed by atoms with Crippen LogP contribution in [0.4, 0.5) is 11.4 Å². The van der Waals surface area contributed by atoms with E-state index in [1.807, 2.05) is 23.1 Å². The molecule has 1 rings (SSSR count). The van der Waals surface area contributed by atoms with Crippen LogP contribution < -0.4 is 15.4 Å². The van der Waals surface area contributed by atoms with Gasteiger partial charge in [-0.05, 0) is 12.1 Å². The minimum atomic E-state index is 0.0698. The third-order valence-electron chi connectivity index (χ3n) is 2.54. The summed E-state index contributed by atoms with van der Waals surface area (Å²) in [7, 11) is 3.23. The van der Waals surface area contributed by atoms with Crippen molar-refractivity contribution in [3.63, 3.8) is 0 Å². The summed E-state index contributed by atoms with van der Waals surface area (Å²) in [5, 5.41) is 9.06. The van der Waals surface area contributed by atoms with Gasteiger partial charge in [-0.25, -0.2) is 0 Å². The number of aliphatic hydroxyl groups excluding tert-OH is 1. The second-order valence-electron chi connectivity index (χ2n) is 3.60. The number of aliphatic hydroxyl groups is 1. The third-order valence-corrected chi connectivity index (χ3v) is 2.54. The third kappa shape index (κ3) is 3.51. The van der Waals surface area contributed by atoms with Gasteiger partial charge in [0.2, 0.25) is 0 Å². The lowest BCUT2D eigenvalue weighted by Crippen LogP contribution is -2.30. The minimum Gasteiger partial charge on any atom is -0.495 e. The van der Waals surface area contributed by atoms with Gasteiger partial charge in [0.25, 0.3) is 0 Å². The monoisotopic (exact) mass is 240 g/mol. The van der Waals surface area contributed by atoms with Crippen LogP contribution in [0, 0.1) is 0 Å². The first-order valence-electron chi connectivity index (χ1n) is 5.51. The van der Waals surface area contributed by atoms with Gasteiger partial charge in [-0.2, -0.15) is 0 Å². The van der Waals surface area contributed by atoms with Crippen LogP contribution in [0.5, 0.6) is 5.75 Å². The standard InChI is InChI=1S/C12H20N2O3/c1-16-9-7-14(6-8-15)10-4-3-5-11(17-2)12(10)13/h3-5,15H,6-9,13H2,1-2H3.